The van der Waals surface area contributed by atoms with Gasteiger partial charge in [-0.05, 0) is 108 Å². The molecule has 0 N–H and O–H groups in total. The minimum atomic E-state index is 0.0495. The van der Waals surface area contributed by atoms with Crippen LogP contribution in [0.3, 0.4) is 0 Å². The summed E-state index contributed by atoms with van der Waals surface area (Å²) in [5, 5.41) is 5.99. The maximum absolute atomic E-state index is 6.81. The van der Waals surface area contributed by atoms with Crippen molar-refractivity contribution >= 4 is 11.6 Å². The second kappa shape index (κ2) is 8.90. The minimum Gasteiger partial charge on any atom is -0.377 e. The zero-order valence-electron chi connectivity index (χ0n) is 28.1. The molecule has 2 bridgehead atoms. The first-order valence-corrected chi connectivity index (χ1v) is 17.9. The van der Waals surface area contributed by atoms with Gasteiger partial charge in [0.25, 0.3) is 0 Å². The molecule has 9 atom stereocenters. The minimum absolute atomic E-state index is 0.0495. The zero-order valence-corrected chi connectivity index (χ0v) is 28.9. The summed E-state index contributed by atoms with van der Waals surface area (Å²) in [6.07, 6.45) is 12.6. The summed E-state index contributed by atoms with van der Waals surface area (Å²) >= 11 is 6.65. The van der Waals surface area contributed by atoms with Crippen LogP contribution in [0.5, 0.6) is 0 Å². The fraction of sp³-hybridized carbons (Fsp3) is 0.789. The molecule has 2 heterocycles. The molecule has 1 aromatic carbocycles. The summed E-state index contributed by atoms with van der Waals surface area (Å²) in [5.74, 6) is 2.95. The first-order chi connectivity index (χ1) is 20.2. The molecule has 234 valence electrons. The van der Waals surface area contributed by atoms with E-state index >= 15 is 0 Å². The summed E-state index contributed by atoms with van der Waals surface area (Å²) < 4.78 is 11.3. The van der Waals surface area contributed by atoms with E-state index in [9.17, 15) is 0 Å². The number of fused-ring (bicyclic) bond motifs is 6. The molecule has 5 aliphatic carbocycles. The Balaban J connectivity index is 1.18. The molecule has 0 spiro atoms. The lowest BCUT2D eigenvalue weighted by Gasteiger charge is -2.72. The highest BCUT2D eigenvalue weighted by atomic mass is 35.5. The molecule has 5 heteroatoms. The van der Waals surface area contributed by atoms with E-state index in [1.54, 1.807) is 0 Å². The Bertz CT molecular complexity index is 1480. The van der Waals surface area contributed by atoms with Crippen LogP contribution in [0.4, 0.5) is 0 Å². The van der Waals surface area contributed by atoms with Gasteiger partial charge in [-0.25, -0.2) is 0 Å². The van der Waals surface area contributed by atoms with Crippen molar-refractivity contribution in [1.29, 1.82) is 0 Å². The van der Waals surface area contributed by atoms with Gasteiger partial charge in [0, 0.05) is 22.4 Å². The maximum atomic E-state index is 6.81. The second-order valence-electron chi connectivity index (χ2n) is 18.2. The molecule has 0 amide bonds. The third kappa shape index (κ3) is 3.55. The summed E-state index contributed by atoms with van der Waals surface area (Å²) in [5.41, 5.74) is 5.89. The van der Waals surface area contributed by atoms with E-state index in [-0.39, 0.29) is 10.8 Å². The first-order valence-electron chi connectivity index (χ1n) is 17.5. The van der Waals surface area contributed by atoms with E-state index in [2.05, 4.69) is 77.0 Å². The van der Waals surface area contributed by atoms with Crippen LogP contribution in [0.15, 0.2) is 24.3 Å². The molecule has 1 saturated heterocycles. The van der Waals surface area contributed by atoms with E-state index in [0.29, 0.717) is 33.7 Å². The van der Waals surface area contributed by atoms with E-state index < -0.39 is 0 Å². The Morgan fingerprint density at radius 2 is 1.65 bits per heavy atom. The Labute approximate surface area is 265 Å². The van der Waals surface area contributed by atoms with Crippen LogP contribution in [0.1, 0.15) is 117 Å². The van der Waals surface area contributed by atoms with Gasteiger partial charge in [-0.2, -0.15) is 0 Å². The average molecular weight is 605 g/mol. The molecule has 8 rings (SSSR count). The van der Waals surface area contributed by atoms with Gasteiger partial charge in [0.15, 0.2) is 11.4 Å². The summed E-state index contributed by atoms with van der Waals surface area (Å²) in [7, 11) is 2.18. The lowest BCUT2D eigenvalue weighted by molar-refractivity contribution is -0.757. The number of hydrogen-bond acceptors (Lipinski definition) is 2. The highest BCUT2D eigenvalue weighted by Gasteiger charge is 2.73. The molecular weight excluding hydrogens is 550 g/mol. The van der Waals surface area contributed by atoms with Gasteiger partial charge in [-0.1, -0.05) is 78.3 Å². The molecular formula is C38H55ClN3O+. The van der Waals surface area contributed by atoms with Crippen molar-refractivity contribution in [1.82, 2.24) is 9.90 Å². The number of rotatable bonds is 2. The molecule has 0 radical (unpaired) electrons. The van der Waals surface area contributed by atoms with Crippen molar-refractivity contribution in [2.75, 3.05) is 6.61 Å². The summed E-state index contributed by atoms with van der Waals surface area (Å²) in [4.78, 5) is 0. The lowest BCUT2D eigenvalue weighted by Crippen LogP contribution is -2.68. The normalized spacial score (nSPS) is 45.4. The Morgan fingerprint density at radius 3 is 2.42 bits per heavy atom. The number of ether oxygens (including phenoxy) is 1. The van der Waals surface area contributed by atoms with Crippen molar-refractivity contribution in [2.24, 2.45) is 57.8 Å². The summed E-state index contributed by atoms with van der Waals surface area (Å²) in [6, 6.07) is 8.28. The van der Waals surface area contributed by atoms with Gasteiger partial charge < -0.3 is 4.74 Å². The van der Waals surface area contributed by atoms with Gasteiger partial charge in [0.2, 0.25) is 0 Å². The lowest BCUT2D eigenvalue weighted by atomic mass is 9.31. The topological polar surface area (TPSA) is 30.9 Å². The number of hydrogen-bond donors (Lipinski definition) is 0. The van der Waals surface area contributed by atoms with Crippen LogP contribution >= 0.6 is 11.6 Å². The van der Waals surface area contributed by atoms with Crippen molar-refractivity contribution in [3.05, 3.63) is 46.2 Å². The number of benzene rings is 1. The van der Waals surface area contributed by atoms with Crippen molar-refractivity contribution in [3.8, 4) is 0 Å². The molecule has 6 aliphatic rings. The summed E-state index contributed by atoms with van der Waals surface area (Å²) in [6.45, 7) is 20.1. The SMILES string of the molecule is Cn1n[n+](Cc2ccccc2Cl)c2c1C[C@]1(C)[C@H]3CC[C@@H]4[C@H]5[C@H]6OC[C@@]5(CCC6(C)C)CC[C@@]4(C)[C@]3(C)CC[C@H]1C2(C)C. The molecule has 1 aromatic heterocycles. The van der Waals surface area contributed by atoms with E-state index in [1.807, 2.05) is 12.1 Å². The first kappa shape index (κ1) is 29.0. The predicted molar refractivity (Wildman–Crippen MR) is 172 cm³/mol. The molecule has 2 aromatic rings. The highest BCUT2D eigenvalue weighted by Crippen LogP contribution is 2.77. The number of halogens is 1. The molecule has 4 nitrogen and oxygen atoms in total. The van der Waals surface area contributed by atoms with Gasteiger partial charge in [-0.3, -0.25) is 0 Å². The smallest absolute Gasteiger partial charge is 0.177 e. The Morgan fingerprint density at radius 1 is 0.907 bits per heavy atom. The van der Waals surface area contributed by atoms with Crippen LogP contribution in [-0.2, 0) is 30.2 Å². The van der Waals surface area contributed by atoms with Crippen LogP contribution in [0.25, 0.3) is 0 Å². The quantitative estimate of drug-likeness (QED) is 0.323. The third-order valence-corrected chi connectivity index (χ3v) is 16.2. The standard InChI is InChI=1S/C38H55ClN3O/c1-33(2)17-19-38-20-18-36(6)25(30(38)32(33)43-23-38)13-14-29-35(5)21-27-31(34(3,4)28(35)15-16-37(29,36)7)42(40-41(27)8)22-24-11-9-10-12-26(24)39/h9-12,25,28-30,32H,13-23H2,1-8H3/q+1/t25-,28+,29-,30+,32-,35+,36-,37-,38-/m1/s1. The number of aromatic nitrogens is 3. The largest absolute Gasteiger partial charge is 0.377 e. The molecule has 0 unspecified atom stereocenters. The van der Waals surface area contributed by atoms with Crippen molar-refractivity contribution < 1.29 is 9.42 Å². The fourth-order valence-corrected chi connectivity index (χ4v) is 13.9. The van der Waals surface area contributed by atoms with Crippen molar-refractivity contribution in [3.63, 3.8) is 0 Å². The Kier molecular flexibility index (Phi) is 6.01. The van der Waals surface area contributed by atoms with Crippen LogP contribution in [0, 0.1) is 50.7 Å². The van der Waals surface area contributed by atoms with Gasteiger partial charge in [0.05, 0.1) is 17.9 Å². The van der Waals surface area contributed by atoms with Gasteiger partial charge in [-0.15, -0.1) is 9.36 Å². The Hall–Kier alpha value is -1.39. The molecule has 5 fully saturated rings. The van der Waals surface area contributed by atoms with Crippen molar-refractivity contribution in [2.45, 2.75) is 124 Å². The van der Waals surface area contributed by atoms with Crippen LogP contribution in [-0.4, -0.2) is 22.6 Å². The monoisotopic (exact) mass is 604 g/mol. The molecule has 4 saturated carbocycles. The van der Waals surface area contributed by atoms with Gasteiger partial charge >= 0.3 is 0 Å². The van der Waals surface area contributed by atoms with Crippen LogP contribution < -0.4 is 4.68 Å². The van der Waals surface area contributed by atoms with Gasteiger partial charge in [0.1, 0.15) is 13.6 Å². The average Bonchev–Trinajstić information content (AvgIpc) is 3.44. The van der Waals surface area contributed by atoms with Crippen LogP contribution in [0.2, 0.25) is 5.02 Å². The fourth-order valence-electron chi connectivity index (χ4n) is 13.7. The predicted octanol–water partition coefficient (Wildman–Crippen LogP) is 8.31. The van der Waals surface area contributed by atoms with E-state index in [0.717, 1.165) is 47.9 Å². The molecule has 1 aliphatic heterocycles. The third-order valence-electron chi connectivity index (χ3n) is 15.9. The van der Waals surface area contributed by atoms with E-state index in [1.165, 1.54) is 62.8 Å². The highest BCUT2D eigenvalue weighted by molar-refractivity contribution is 6.31. The number of aryl methyl sites for hydroxylation is 1. The zero-order chi connectivity index (χ0) is 30.4. The second-order valence-corrected chi connectivity index (χ2v) is 18.6. The molecule has 43 heavy (non-hydrogen) atoms. The maximum Gasteiger partial charge on any atom is 0.177 e. The van der Waals surface area contributed by atoms with E-state index in [4.69, 9.17) is 21.6 Å². The number of nitrogens with zero attached hydrogens (tertiary/aromatic N) is 3.